The molecule has 1 heterocycles. The smallest absolute Gasteiger partial charge is 0.306 e. The summed E-state index contributed by atoms with van der Waals surface area (Å²) >= 11 is 0. The molecular formula is C34H66O9. The van der Waals surface area contributed by atoms with Crippen LogP contribution in [0.25, 0.3) is 0 Å². The van der Waals surface area contributed by atoms with E-state index in [1.807, 2.05) is 6.92 Å². The minimum atomic E-state index is -1.53. The Kier molecular flexibility index (Phi) is 25.7. The van der Waals surface area contributed by atoms with Gasteiger partial charge in [0.05, 0.1) is 19.8 Å². The molecule has 1 saturated heterocycles. The predicted molar refractivity (Wildman–Crippen MR) is 169 cm³/mol. The van der Waals surface area contributed by atoms with Gasteiger partial charge in [-0.15, -0.1) is 0 Å². The lowest BCUT2D eigenvalue weighted by atomic mass is 9.99. The van der Waals surface area contributed by atoms with Crippen molar-refractivity contribution in [2.24, 2.45) is 0 Å². The Hall–Kier alpha value is -0.810. The first-order chi connectivity index (χ1) is 20.9. The van der Waals surface area contributed by atoms with E-state index >= 15 is 0 Å². The number of hydrogen-bond acceptors (Lipinski definition) is 9. The molecule has 0 aromatic carbocycles. The SMILES string of the molecule is CCCCCCCCCCCCCCCCCCCCCOCC(COC1OC(CO)C(O)C(O)C1O)OC(=O)CCC. The Morgan fingerprint density at radius 3 is 1.60 bits per heavy atom. The standard InChI is InChI=1S/C34H66O9/c1-3-5-6-7-8-9-10-11-12-13-14-15-16-17-18-19-20-21-22-24-40-26-28(42-30(36)23-4-2)27-41-34-33(39)32(38)31(37)29(25-35)43-34/h28-29,31-35,37-39H,3-27H2,1-2H3. The summed E-state index contributed by atoms with van der Waals surface area (Å²) in [6.45, 7) is 4.21. The monoisotopic (exact) mass is 618 g/mol. The third-order valence-corrected chi connectivity index (χ3v) is 8.24. The summed E-state index contributed by atoms with van der Waals surface area (Å²) in [6, 6.07) is 0. The zero-order valence-corrected chi connectivity index (χ0v) is 27.5. The van der Waals surface area contributed by atoms with E-state index in [-0.39, 0.29) is 25.6 Å². The second-order valence-corrected chi connectivity index (χ2v) is 12.3. The average molecular weight is 619 g/mol. The van der Waals surface area contributed by atoms with Crippen LogP contribution in [0, 0.1) is 0 Å². The van der Waals surface area contributed by atoms with Gasteiger partial charge in [0.2, 0.25) is 0 Å². The van der Waals surface area contributed by atoms with Gasteiger partial charge < -0.3 is 39.4 Å². The number of rotatable bonds is 29. The first kappa shape index (κ1) is 40.2. The summed E-state index contributed by atoms with van der Waals surface area (Å²) in [5.41, 5.74) is 0. The summed E-state index contributed by atoms with van der Waals surface area (Å²) < 4.78 is 22.2. The summed E-state index contributed by atoms with van der Waals surface area (Å²) in [5, 5.41) is 39.4. The topological polar surface area (TPSA) is 135 Å². The van der Waals surface area contributed by atoms with E-state index < -0.39 is 43.4 Å². The summed E-state index contributed by atoms with van der Waals surface area (Å²) in [5.74, 6) is -0.364. The van der Waals surface area contributed by atoms with E-state index in [1.165, 1.54) is 109 Å². The molecule has 0 amide bonds. The number of ether oxygens (including phenoxy) is 4. The van der Waals surface area contributed by atoms with Gasteiger partial charge in [-0.2, -0.15) is 0 Å². The number of aliphatic hydroxyl groups is 4. The quantitative estimate of drug-likeness (QED) is 0.0591. The van der Waals surface area contributed by atoms with Gasteiger partial charge in [0.1, 0.15) is 30.5 Å². The molecule has 1 rings (SSSR count). The number of carbonyl (C=O) groups is 1. The lowest BCUT2D eigenvalue weighted by molar-refractivity contribution is -0.305. The van der Waals surface area contributed by atoms with Crippen LogP contribution >= 0.6 is 0 Å². The normalized spacial score (nSPS) is 23.0. The van der Waals surface area contributed by atoms with Crippen molar-refractivity contribution in [3.05, 3.63) is 0 Å². The number of aliphatic hydroxyl groups excluding tert-OH is 4. The Morgan fingerprint density at radius 2 is 1.14 bits per heavy atom. The Bertz CT molecular complexity index is 633. The van der Waals surface area contributed by atoms with Gasteiger partial charge in [0, 0.05) is 13.0 Å². The molecule has 0 bridgehead atoms. The maximum absolute atomic E-state index is 12.1. The molecule has 9 heteroatoms. The molecule has 256 valence electrons. The fourth-order valence-electron chi connectivity index (χ4n) is 5.47. The van der Waals surface area contributed by atoms with Crippen molar-refractivity contribution in [1.82, 2.24) is 0 Å². The minimum absolute atomic E-state index is 0.114. The fourth-order valence-corrected chi connectivity index (χ4v) is 5.47. The van der Waals surface area contributed by atoms with E-state index in [2.05, 4.69) is 6.92 Å². The number of esters is 1. The van der Waals surface area contributed by atoms with Crippen molar-refractivity contribution in [2.45, 2.75) is 185 Å². The highest BCUT2D eigenvalue weighted by Gasteiger charge is 2.44. The van der Waals surface area contributed by atoms with Gasteiger partial charge in [-0.3, -0.25) is 4.79 Å². The summed E-state index contributed by atoms with van der Waals surface area (Å²) in [4.78, 5) is 12.1. The molecular weight excluding hydrogens is 552 g/mol. The summed E-state index contributed by atoms with van der Waals surface area (Å²) in [7, 11) is 0. The minimum Gasteiger partial charge on any atom is -0.457 e. The molecule has 1 fully saturated rings. The molecule has 0 aromatic rings. The third-order valence-electron chi connectivity index (χ3n) is 8.24. The van der Waals surface area contributed by atoms with E-state index in [0.29, 0.717) is 13.0 Å². The number of carbonyl (C=O) groups excluding carboxylic acids is 1. The highest BCUT2D eigenvalue weighted by atomic mass is 16.7. The Balaban J connectivity index is 2.06. The van der Waals surface area contributed by atoms with Crippen molar-refractivity contribution < 1.29 is 44.2 Å². The van der Waals surface area contributed by atoms with Crippen molar-refractivity contribution in [3.8, 4) is 0 Å². The molecule has 9 nitrogen and oxygen atoms in total. The van der Waals surface area contributed by atoms with Crippen LogP contribution < -0.4 is 0 Å². The lowest BCUT2D eigenvalue weighted by Gasteiger charge is -2.39. The third kappa shape index (κ3) is 20.0. The maximum Gasteiger partial charge on any atom is 0.306 e. The first-order valence-corrected chi connectivity index (χ1v) is 17.6. The van der Waals surface area contributed by atoms with Gasteiger partial charge in [0.15, 0.2) is 6.29 Å². The van der Waals surface area contributed by atoms with Crippen molar-refractivity contribution in [3.63, 3.8) is 0 Å². The van der Waals surface area contributed by atoms with Crippen LogP contribution in [0.4, 0.5) is 0 Å². The van der Waals surface area contributed by atoms with Gasteiger partial charge >= 0.3 is 5.97 Å². The van der Waals surface area contributed by atoms with E-state index in [1.54, 1.807) is 0 Å². The van der Waals surface area contributed by atoms with Gasteiger partial charge in [-0.25, -0.2) is 0 Å². The molecule has 43 heavy (non-hydrogen) atoms. The van der Waals surface area contributed by atoms with E-state index in [9.17, 15) is 25.2 Å². The average Bonchev–Trinajstić information content (AvgIpc) is 3.00. The molecule has 0 spiro atoms. The van der Waals surface area contributed by atoms with Gasteiger partial charge in [-0.05, 0) is 12.8 Å². The second-order valence-electron chi connectivity index (χ2n) is 12.3. The van der Waals surface area contributed by atoms with Gasteiger partial charge in [0.25, 0.3) is 0 Å². The number of hydrogen-bond donors (Lipinski definition) is 4. The van der Waals surface area contributed by atoms with Crippen LogP contribution in [0.15, 0.2) is 0 Å². The van der Waals surface area contributed by atoms with Crippen LogP contribution in [0.1, 0.15) is 149 Å². The number of unbranched alkanes of at least 4 members (excludes halogenated alkanes) is 18. The lowest BCUT2D eigenvalue weighted by Crippen LogP contribution is -2.59. The molecule has 6 unspecified atom stereocenters. The van der Waals surface area contributed by atoms with Crippen LogP contribution in [-0.2, 0) is 23.7 Å². The first-order valence-electron chi connectivity index (χ1n) is 17.6. The highest BCUT2D eigenvalue weighted by molar-refractivity contribution is 5.69. The zero-order chi connectivity index (χ0) is 31.5. The maximum atomic E-state index is 12.1. The molecule has 4 N–H and O–H groups in total. The molecule has 0 aliphatic carbocycles. The predicted octanol–water partition coefficient (Wildman–Crippen LogP) is 5.96. The summed E-state index contributed by atoms with van der Waals surface area (Å²) in [6.07, 6.45) is 18.7. The van der Waals surface area contributed by atoms with Crippen LogP contribution in [0.2, 0.25) is 0 Å². The molecule has 0 saturated carbocycles. The Morgan fingerprint density at radius 1 is 0.651 bits per heavy atom. The second kappa shape index (κ2) is 27.5. The van der Waals surface area contributed by atoms with Crippen LogP contribution in [0.5, 0.6) is 0 Å². The molecule has 6 atom stereocenters. The fraction of sp³-hybridized carbons (Fsp3) is 0.971. The van der Waals surface area contributed by atoms with E-state index in [0.717, 1.165) is 12.8 Å². The van der Waals surface area contributed by atoms with Crippen LogP contribution in [-0.4, -0.2) is 89.6 Å². The van der Waals surface area contributed by atoms with Gasteiger partial charge in [-0.1, -0.05) is 129 Å². The highest BCUT2D eigenvalue weighted by Crippen LogP contribution is 2.22. The molecule has 0 radical (unpaired) electrons. The molecule has 1 aliphatic rings. The zero-order valence-electron chi connectivity index (χ0n) is 27.5. The van der Waals surface area contributed by atoms with Crippen molar-refractivity contribution in [1.29, 1.82) is 0 Å². The molecule has 1 aliphatic heterocycles. The van der Waals surface area contributed by atoms with E-state index in [4.69, 9.17) is 18.9 Å². The Labute approximate surface area is 262 Å². The van der Waals surface area contributed by atoms with Crippen LogP contribution in [0.3, 0.4) is 0 Å². The van der Waals surface area contributed by atoms with Crippen molar-refractivity contribution in [2.75, 3.05) is 26.4 Å². The largest absolute Gasteiger partial charge is 0.457 e. The molecule has 0 aromatic heterocycles. The van der Waals surface area contributed by atoms with Crippen molar-refractivity contribution >= 4 is 5.97 Å².